The minimum absolute atomic E-state index is 0.277. The van der Waals surface area contributed by atoms with Gasteiger partial charge in [-0.05, 0) is 13.3 Å². The third-order valence-corrected chi connectivity index (χ3v) is 3.01. The molecule has 100 valence electrons. The SMILES string of the molecule is CCc1nnc(NC(=O)NC(C(=O)O)C(C)O)s1. The Bertz CT molecular complexity index is 434. The van der Waals surface area contributed by atoms with Crippen molar-refractivity contribution >= 4 is 28.5 Å². The Hall–Kier alpha value is -1.74. The maximum Gasteiger partial charge on any atom is 0.328 e. The molecule has 2 amide bonds. The predicted octanol–water partition coefficient (Wildman–Crippen LogP) is 0.0560. The van der Waals surface area contributed by atoms with Crippen molar-refractivity contribution in [2.24, 2.45) is 0 Å². The Balaban J connectivity index is 2.57. The first-order valence-corrected chi connectivity index (χ1v) is 6.06. The first-order chi connectivity index (χ1) is 8.43. The maximum absolute atomic E-state index is 11.5. The Morgan fingerprint density at radius 1 is 1.44 bits per heavy atom. The van der Waals surface area contributed by atoms with E-state index in [1.807, 2.05) is 6.92 Å². The quantitative estimate of drug-likeness (QED) is 0.601. The molecule has 0 saturated carbocycles. The summed E-state index contributed by atoms with van der Waals surface area (Å²) in [6.07, 6.45) is -0.499. The number of carboxylic acid groups (broad SMARTS) is 1. The van der Waals surface area contributed by atoms with Crippen LogP contribution in [0.5, 0.6) is 0 Å². The number of aliphatic hydroxyl groups excluding tert-OH is 1. The van der Waals surface area contributed by atoms with Crippen LogP contribution in [0.3, 0.4) is 0 Å². The van der Waals surface area contributed by atoms with Crippen LogP contribution >= 0.6 is 11.3 Å². The van der Waals surface area contributed by atoms with E-state index in [9.17, 15) is 14.7 Å². The first-order valence-electron chi connectivity index (χ1n) is 5.24. The largest absolute Gasteiger partial charge is 0.480 e. The summed E-state index contributed by atoms with van der Waals surface area (Å²) in [7, 11) is 0. The van der Waals surface area contributed by atoms with Crippen molar-refractivity contribution in [2.45, 2.75) is 32.4 Å². The summed E-state index contributed by atoms with van der Waals surface area (Å²) in [6.45, 7) is 3.18. The molecule has 9 heteroatoms. The van der Waals surface area contributed by atoms with Gasteiger partial charge in [0, 0.05) is 0 Å². The van der Waals surface area contributed by atoms with Crippen molar-refractivity contribution in [2.75, 3.05) is 5.32 Å². The van der Waals surface area contributed by atoms with Gasteiger partial charge in [-0.25, -0.2) is 9.59 Å². The van der Waals surface area contributed by atoms with Crippen LogP contribution in [0.25, 0.3) is 0 Å². The number of aromatic nitrogens is 2. The van der Waals surface area contributed by atoms with Crippen molar-refractivity contribution in [1.82, 2.24) is 15.5 Å². The van der Waals surface area contributed by atoms with E-state index in [1.165, 1.54) is 18.3 Å². The lowest BCUT2D eigenvalue weighted by Crippen LogP contribution is -2.49. The molecule has 0 aromatic carbocycles. The summed E-state index contributed by atoms with van der Waals surface area (Å²) in [5.74, 6) is -1.31. The molecule has 0 aliphatic rings. The highest BCUT2D eigenvalue weighted by atomic mass is 32.1. The highest BCUT2D eigenvalue weighted by Crippen LogP contribution is 2.15. The second kappa shape index (κ2) is 6.26. The van der Waals surface area contributed by atoms with Crippen molar-refractivity contribution in [3.8, 4) is 0 Å². The second-order valence-corrected chi connectivity index (χ2v) is 4.57. The number of carbonyl (C=O) groups excluding carboxylic acids is 1. The number of hydrogen-bond donors (Lipinski definition) is 4. The fourth-order valence-corrected chi connectivity index (χ4v) is 1.78. The van der Waals surface area contributed by atoms with E-state index in [2.05, 4.69) is 20.8 Å². The van der Waals surface area contributed by atoms with E-state index < -0.39 is 24.1 Å². The van der Waals surface area contributed by atoms with Crippen LogP contribution in [0, 0.1) is 0 Å². The van der Waals surface area contributed by atoms with Gasteiger partial charge in [0.25, 0.3) is 0 Å². The third-order valence-electron chi connectivity index (χ3n) is 2.02. The summed E-state index contributed by atoms with van der Waals surface area (Å²) < 4.78 is 0. The summed E-state index contributed by atoms with van der Waals surface area (Å²) in [4.78, 5) is 22.2. The number of aliphatic carboxylic acids is 1. The molecule has 1 rings (SSSR count). The highest BCUT2D eigenvalue weighted by Gasteiger charge is 2.25. The van der Waals surface area contributed by atoms with E-state index >= 15 is 0 Å². The van der Waals surface area contributed by atoms with Gasteiger partial charge in [0.1, 0.15) is 5.01 Å². The van der Waals surface area contributed by atoms with Gasteiger partial charge in [-0.3, -0.25) is 5.32 Å². The zero-order valence-electron chi connectivity index (χ0n) is 9.88. The molecule has 2 unspecified atom stereocenters. The number of carbonyl (C=O) groups is 2. The summed E-state index contributed by atoms with van der Waals surface area (Å²) >= 11 is 1.20. The monoisotopic (exact) mass is 274 g/mol. The molecule has 0 fully saturated rings. The molecular weight excluding hydrogens is 260 g/mol. The fraction of sp³-hybridized carbons (Fsp3) is 0.556. The third kappa shape index (κ3) is 3.93. The number of nitrogens with zero attached hydrogens (tertiary/aromatic N) is 2. The van der Waals surface area contributed by atoms with Gasteiger partial charge in [0.2, 0.25) is 5.13 Å². The molecule has 0 aliphatic carbocycles. The molecule has 4 N–H and O–H groups in total. The van der Waals surface area contributed by atoms with Gasteiger partial charge in [-0.2, -0.15) is 0 Å². The molecule has 0 saturated heterocycles. The molecule has 1 aromatic heterocycles. The normalized spacial score (nSPS) is 13.7. The van der Waals surface area contributed by atoms with E-state index in [0.29, 0.717) is 6.42 Å². The zero-order chi connectivity index (χ0) is 13.7. The Morgan fingerprint density at radius 2 is 2.11 bits per heavy atom. The van der Waals surface area contributed by atoms with E-state index in [-0.39, 0.29) is 5.13 Å². The summed E-state index contributed by atoms with van der Waals surface area (Å²) in [5.41, 5.74) is 0. The average molecular weight is 274 g/mol. The Morgan fingerprint density at radius 3 is 2.56 bits per heavy atom. The Labute approximate surface area is 107 Å². The van der Waals surface area contributed by atoms with E-state index in [4.69, 9.17) is 5.11 Å². The van der Waals surface area contributed by atoms with Gasteiger partial charge in [-0.1, -0.05) is 18.3 Å². The van der Waals surface area contributed by atoms with Crippen LogP contribution in [0.2, 0.25) is 0 Å². The van der Waals surface area contributed by atoms with E-state index in [0.717, 1.165) is 5.01 Å². The average Bonchev–Trinajstić information content (AvgIpc) is 2.72. The first kappa shape index (κ1) is 14.3. The molecule has 8 nitrogen and oxygen atoms in total. The van der Waals surface area contributed by atoms with Crippen molar-refractivity contribution in [3.05, 3.63) is 5.01 Å². The number of aliphatic hydroxyl groups is 1. The lowest BCUT2D eigenvalue weighted by molar-refractivity contribution is -0.141. The van der Waals surface area contributed by atoms with Crippen LogP contribution in [-0.4, -0.2) is 44.6 Å². The van der Waals surface area contributed by atoms with Crippen molar-refractivity contribution < 1.29 is 19.8 Å². The number of rotatable bonds is 5. The smallest absolute Gasteiger partial charge is 0.328 e. The second-order valence-electron chi connectivity index (χ2n) is 3.51. The highest BCUT2D eigenvalue weighted by molar-refractivity contribution is 7.15. The van der Waals surface area contributed by atoms with Gasteiger partial charge in [0.05, 0.1) is 6.10 Å². The molecular formula is C9H14N4O4S. The minimum Gasteiger partial charge on any atom is -0.480 e. The number of carboxylic acids is 1. The molecule has 1 aromatic rings. The minimum atomic E-state index is -1.37. The predicted molar refractivity (Wildman–Crippen MR) is 64.5 cm³/mol. The topological polar surface area (TPSA) is 124 Å². The van der Waals surface area contributed by atoms with Gasteiger partial charge in [0.15, 0.2) is 6.04 Å². The van der Waals surface area contributed by atoms with Crippen LogP contribution in [-0.2, 0) is 11.2 Å². The lowest BCUT2D eigenvalue weighted by atomic mass is 10.2. The Kier molecular flexibility index (Phi) is 4.98. The van der Waals surface area contributed by atoms with Crippen LogP contribution in [0.1, 0.15) is 18.9 Å². The molecule has 0 radical (unpaired) electrons. The maximum atomic E-state index is 11.5. The summed E-state index contributed by atoms with van der Waals surface area (Å²) in [6, 6.07) is -2.12. The molecule has 0 bridgehead atoms. The molecule has 0 aliphatic heterocycles. The number of anilines is 1. The van der Waals surface area contributed by atoms with E-state index in [1.54, 1.807) is 0 Å². The lowest BCUT2D eigenvalue weighted by Gasteiger charge is -2.16. The number of aryl methyl sites for hydroxylation is 1. The van der Waals surface area contributed by atoms with Crippen molar-refractivity contribution in [1.29, 1.82) is 0 Å². The van der Waals surface area contributed by atoms with Crippen LogP contribution in [0.15, 0.2) is 0 Å². The standard InChI is InChI=1S/C9H14N4O4S/c1-3-5-12-13-9(18-5)11-8(17)10-6(4(2)14)7(15)16/h4,6,14H,3H2,1-2H3,(H,15,16)(H2,10,11,13,17). The molecule has 18 heavy (non-hydrogen) atoms. The van der Waals surface area contributed by atoms with Gasteiger partial charge in [-0.15, -0.1) is 10.2 Å². The number of amides is 2. The van der Waals surface area contributed by atoms with Gasteiger partial charge < -0.3 is 15.5 Å². The number of nitrogens with one attached hydrogen (secondary N) is 2. The fourth-order valence-electron chi connectivity index (χ4n) is 1.11. The van der Waals surface area contributed by atoms with Crippen LogP contribution < -0.4 is 10.6 Å². The van der Waals surface area contributed by atoms with Crippen molar-refractivity contribution in [3.63, 3.8) is 0 Å². The number of urea groups is 1. The molecule has 1 heterocycles. The molecule has 0 spiro atoms. The number of hydrogen-bond acceptors (Lipinski definition) is 6. The zero-order valence-corrected chi connectivity index (χ0v) is 10.7. The summed E-state index contributed by atoms with van der Waals surface area (Å²) in [5, 5.41) is 31.0. The molecule has 2 atom stereocenters. The van der Waals surface area contributed by atoms with Gasteiger partial charge >= 0.3 is 12.0 Å². The van der Waals surface area contributed by atoms with Crippen LogP contribution in [0.4, 0.5) is 9.93 Å².